The number of oxime groups is 1. The molecule has 3 rings (SSSR count). The van der Waals surface area contributed by atoms with Crippen molar-refractivity contribution in [1.29, 1.82) is 0 Å². The van der Waals surface area contributed by atoms with E-state index in [1.165, 1.54) is 18.2 Å². The van der Waals surface area contributed by atoms with Gasteiger partial charge < -0.3 is 10.6 Å². The second-order valence-electron chi connectivity index (χ2n) is 6.75. The zero-order valence-corrected chi connectivity index (χ0v) is 16.3. The smallest absolute Gasteiger partial charge is 0.380 e. The van der Waals surface area contributed by atoms with Crippen molar-refractivity contribution in [3.63, 3.8) is 0 Å². The average Bonchev–Trinajstić information content (AvgIpc) is 3.07. The summed E-state index contributed by atoms with van der Waals surface area (Å²) >= 11 is 0. The minimum absolute atomic E-state index is 0.0141. The lowest BCUT2D eigenvalue weighted by Crippen LogP contribution is -2.17. The van der Waals surface area contributed by atoms with Crippen LogP contribution in [-0.4, -0.2) is 21.6 Å². The molecule has 0 bridgehead atoms. The van der Waals surface area contributed by atoms with E-state index in [1.807, 2.05) is 31.2 Å². The first-order chi connectivity index (χ1) is 14.1. The quantitative estimate of drug-likeness (QED) is 0.295. The van der Waals surface area contributed by atoms with Crippen LogP contribution >= 0.6 is 0 Å². The van der Waals surface area contributed by atoms with Gasteiger partial charge in [0.2, 0.25) is 0 Å². The summed E-state index contributed by atoms with van der Waals surface area (Å²) in [6.45, 7) is 4.25. The second kappa shape index (κ2) is 8.40. The zero-order chi connectivity index (χ0) is 21.9. The maximum Gasteiger partial charge on any atom is 0.416 e. The largest absolute Gasteiger partial charge is 0.416 e. The Balaban J connectivity index is 1.71. The van der Waals surface area contributed by atoms with Gasteiger partial charge in [0.15, 0.2) is 11.5 Å². The molecule has 0 fully saturated rings. The summed E-state index contributed by atoms with van der Waals surface area (Å²) in [4.78, 5) is 17.0. The molecular weight excluding hydrogens is 397 g/mol. The Morgan fingerprint density at radius 2 is 1.83 bits per heavy atom. The van der Waals surface area contributed by atoms with E-state index >= 15 is 0 Å². The highest BCUT2D eigenvalue weighted by molar-refractivity contribution is 5.98. The first-order valence-electron chi connectivity index (χ1n) is 8.96. The van der Waals surface area contributed by atoms with Gasteiger partial charge in [0.25, 0.3) is 0 Å². The van der Waals surface area contributed by atoms with Gasteiger partial charge in [-0.2, -0.15) is 18.3 Å². The van der Waals surface area contributed by atoms with E-state index in [0.29, 0.717) is 6.54 Å². The SMILES string of the molecule is Cc1ccc(Cn2nc(C(=O)O/N=C(\N)c3cccc(C(F)(F)F)c3)cc2C)cc1. The number of carbonyl (C=O) groups is 1. The molecule has 1 heterocycles. The molecule has 0 radical (unpaired) electrons. The highest BCUT2D eigenvalue weighted by Crippen LogP contribution is 2.29. The third-order valence-electron chi connectivity index (χ3n) is 4.36. The molecule has 2 N–H and O–H groups in total. The average molecular weight is 416 g/mol. The van der Waals surface area contributed by atoms with Crippen LogP contribution in [0.4, 0.5) is 13.2 Å². The minimum atomic E-state index is -4.52. The maximum atomic E-state index is 12.8. The number of halogens is 3. The van der Waals surface area contributed by atoms with Crippen molar-refractivity contribution in [2.45, 2.75) is 26.6 Å². The van der Waals surface area contributed by atoms with Crippen LogP contribution in [0.5, 0.6) is 0 Å². The lowest BCUT2D eigenvalue weighted by Gasteiger charge is -2.08. The molecule has 3 aromatic rings. The van der Waals surface area contributed by atoms with Gasteiger partial charge >= 0.3 is 12.1 Å². The molecule has 156 valence electrons. The summed E-state index contributed by atoms with van der Waals surface area (Å²) in [7, 11) is 0. The Hall–Kier alpha value is -3.62. The number of hydrogen-bond donors (Lipinski definition) is 1. The highest BCUT2D eigenvalue weighted by atomic mass is 19.4. The fraction of sp³-hybridized carbons (Fsp3) is 0.190. The summed E-state index contributed by atoms with van der Waals surface area (Å²) in [5, 5.41) is 7.66. The van der Waals surface area contributed by atoms with Crippen molar-refractivity contribution >= 4 is 11.8 Å². The normalized spacial score (nSPS) is 12.1. The molecule has 2 aromatic carbocycles. The lowest BCUT2D eigenvalue weighted by atomic mass is 10.1. The van der Waals surface area contributed by atoms with Crippen LogP contribution in [0, 0.1) is 13.8 Å². The topological polar surface area (TPSA) is 82.5 Å². The van der Waals surface area contributed by atoms with E-state index in [0.717, 1.165) is 29.0 Å². The minimum Gasteiger partial charge on any atom is -0.380 e. The number of amidine groups is 1. The number of aromatic nitrogens is 2. The lowest BCUT2D eigenvalue weighted by molar-refractivity contribution is -0.137. The van der Waals surface area contributed by atoms with Crippen LogP contribution in [0.2, 0.25) is 0 Å². The maximum absolute atomic E-state index is 12.8. The van der Waals surface area contributed by atoms with E-state index < -0.39 is 17.7 Å². The van der Waals surface area contributed by atoms with Gasteiger partial charge in [0.1, 0.15) is 0 Å². The van der Waals surface area contributed by atoms with Gasteiger partial charge in [-0.15, -0.1) is 0 Å². The molecule has 0 unspecified atom stereocenters. The summed E-state index contributed by atoms with van der Waals surface area (Å²) in [5.74, 6) is -1.22. The molecule has 0 spiro atoms. The third-order valence-corrected chi connectivity index (χ3v) is 4.36. The Morgan fingerprint density at radius 3 is 2.50 bits per heavy atom. The third kappa shape index (κ3) is 5.05. The Morgan fingerprint density at radius 1 is 1.13 bits per heavy atom. The zero-order valence-electron chi connectivity index (χ0n) is 16.3. The summed E-state index contributed by atoms with van der Waals surface area (Å²) in [6, 6.07) is 13.7. The van der Waals surface area contributed by atoms with Gasteiger partial charge in [-0.3, -0.25) is 4.68 Å². The fourth-order valence-corrected chi connectivity index (χ4v) is 2.68. The van der Waals surface area contributed by atoms with Crippen LogP contribution in [0.1, 0.15) is 38.4 Å². The van der Waals surface area contributed by atoms with Gasteiger partial charge in [0.05, 0.1) is 12.1 Å². The van der Waals surface area contributed by atoms with Crippen molar-refractivity contribution in [3.8, 4) is 0 Å². The van der Waals surface area contributed by atoms with Crippen LogP contribution < -0.4 is 5.73 Å². The van der Waals surface area contributed by atoms with Crippen LogP contribution in [0.25, 0.3) is 0 Å². The number of nitrogens with two attached hydrogens (primary N) is 1. The predicted octanol–water partition coefficient (Wildman–Crippen LogP) is 4.04. The summed E-state index contributed by atoms with van der Waals surface area (Å²) in [6.07, 6.45) is -4.52. The Labute approximate surface area is 170 Å². The summed E-state index contributed by atoms with van der Waals surface area (Å²) < 4.78 is 40.1. The standard InChI is InChI=1S/C21H19F3N4O2/c1-13-6-8-15(9-7-13)12-28-14(2)10-18(26-28)20(29)30-27-19(25)16-4-3-5-17(11-16)21(22,23)24/h3-11H,12H2,1-2H3,(H2,25,27). The van der Waals surface area contributed by atoms with E-state index in [1.54, 1.807) is 11.6 Å². The molecule has 0 atom stereocenters. The van der Waals surface area contributed by atoms with Gasteiger partial charge in [-0.1, -0.05) is 47.1 Å². The number of carbonyl (C=O) groups excluding carboxylic acids is 1. The Kier molecular flexibility index (Phi) is 5.91. The van der Waals surface area contributed by atoms with Crippen LogP contribution in [0.3, 0.4) is 0 Å². The molecule has 1 aromatic heterocycles. The van der Waals surface area contributed by atoms with Crippen molar-refractivity contribution in [2.75, 3.05) is 0 Å². The number of rotatable bonds is 5. The first kappa shape index (κ1) is 21.1. The first-order valence-corrected chi connectivity index (χ1v) is 8.96. The number of benzene rings is 2. The van der Waals surface area contributed by atoms with Gasteiger partial charge in [-0.25, -0.2) is 4.79 Å². The fourth-order valence-electron chi connectivity index (χ4n) is 2.68. The summed E-state index contributed by atoms with van der Waals surface area (Å²) in [5.41, 5.74) is 7.66. The number of aryl methyl sites for hydroxylation is 2. The Bertz CT molecular complexity index is 1090. The van der Waals surface area contributed by atoms with Crippen LogP contribution in [-0.2, 0) is 17.6 Å². The van der Waals surface area contributed by atoms with Crippen LogP contribution in [0.15, 0.2) is 59.8 Å². The van der Waals surface area contributed by atoms with Crippen molar-refractivity contribution < 1.29 is 22.8 Å². The molecular formula is C21H19F3N4O2. The number of hydrogen-bond acceptors (Lipinski definition) is 4. The van der Waals surface area contributed by atoms with E-state index in [9.17, 15) is 18.0 Å². The molecule has 0 saturated heterocycles. The van der Waals surface area contributed by atoms with E-state index in [-0.39, 0.29) is 17.1 Å². The van der Waals surface area contributed by atoms with Crippen molar-refractivity contribution in [1.82, 2.24) is 9.78 Å². The molecule has 0 amide bonds. The predicted molar refractivity (Wildman–Crippen MR) is 105 cm³/mol. The van der Waals surface area contributed by atoms with E-state index in [2.05, 4.69) is 10.3 Å². The van der Waals surface area contributed by atoms with Gasteiger partial charge in [-0.05, 0) is 37.6 Å². The second-order valence-corrected chi connectivity index (χ2v) is 6.75. The molecule has 0 aliphatic heterocycles. The van der Waals surface area contributed by atoms with E-state index in [4.69, 9.17) is 10.6 Å². The monoisotopic (exact) mass is 416 g/mol. The van der Waals surface area contributed by atoms with Gasteiger partial charge in [0, 0.05) is 11.3 Å². The van der Waals surface area contributed by atoms with Crippen molar-refractivity contribution in [2.24, 2.45) is 10.9 Å². The van der Waals surface area contributed by atoms with Crippen molar-refractivity contribution in [3.05, 3.63) is 88.2 Å². The molecule has 6 nitrogen and oxygen atoms in total. The molecule has 0 aliphatic carbocycles. The molecule has 30 heavy (non-hydrogen) atoms. The number of nitrogens with zero attached hydrogens (tertiary/aromatic N) is 3. The highest BCUT2D eigenvalue weighted by Gasteiger charge is 2.30. The molecule has 9 heteroatoms. The molecule has 0 aliphatic rings. The number of alkyl halides is 3. The molecule has 0 saturated carbocycles.